The Morgan fingerprint density at radius 1 is 1.35 bits per heavy atom. The number of rotatable bonds is 8. The van der Waals surface area contributed by atoms with Crippen LogP contribution in [0.25, 0.3) is 10.4 Å². The zero-order valence-corrected chi connectivity index (χ0v) is 11.2. The van der Waals surface area contributed by atoms with Gasteiger partial charge < -0.3 is 11.1 Å². The molecule has 108 valence electrons. The van der Waals surface area contributed by atoms with Gasteiger partial charge in [-0.2, -0.15) is 0 Å². The fourth-order valence-electron chi connectivity index (χ4n) is 1.73. The molecule has 1 aromatic carbocycles. The topological polar surface area (TPSA) is 104 Å². The molecule has 0 unspecified atom stereocenters. The number of amides is 1. The molecule has 7 heteroatoms. The molecule has 0 bridgehead atoms. The molecule has 0 aromatic heterocycles. The number of nitrogen functional groups attached to an aromatic ring is 1. The zero-order valence-electron chi connectivity index (χ0n) is 11.2. The van der Waals surface area contributed by atoms with E-state index in [1.165, 1.54) is 18.2 Å². The third kappa shape index (κ3) is 6.06. The number of azide groups is 1. The third-order valence-corrected chi connectivity index (χ3v) is 2.76. The highest BCUT2D eigenvalue weighted by Gasteiger charge is 2.05. The fourth-order valence-corrected chi connectivity index (χ4v) is 1.73. The number of nitrogens with zero attached hydrogens (tertiary/aromatic N) is 3. The van der Waals surface area contributed by atoms with Gasteiger partial charge in [-0.05, 0) is 36.6 Å². The van der Waals surface area contributed by atoms with Crippen molar-refractivity contribution in [2.75, 3.05) is 17.6 Å². The summed E-state index contributed by atoms with van der Waals surface area (Å²) in [7, 11) is 0. The molecule has 0 radical (unpaired) electrons. The second-order valence-corrected chi connectivity index (χ2v) is 4.40. The first-order valence-electron chi connectivity index (χ1n) is 6.49. The summed E-state index contributed by atoms with van der Waals surface area (Å²) < 4.78 is 12.8. The van der Waals surface area contributed by atoms with Crippen molar-refractivity contribution in [3.63, 3.8) is 0 Å². The van der Waals surface area contributed by atoms with Gasteiger partial charge in [0.05, 0.1) is 11.4 Å². The molecule has 0 saturated carbocycles. The molecule has 1 aromatic rings. The molecular weight excluding hydrogens is 261 g/mol. The van der Waals surface area contributed by atoms with E-state index in [1.807, 2.05) is 0 Å². The predicted octanol–water partition coefficient (Wildman–Crippen LogP) is 3.61. The molecule has 1 rings (SSSR count). The third-order valence-electron chi connectivity index (χ3n) is 2.76. The van der Waals surface area contributed by atoms with Gasteiger partial charge in [0.1, 0.15) is 5.82 Å². The van der Waals surface area contributed by atoms with Gasteiger partial charge >= 0.3 is 0 Å². The van der Waals surface area contributed by atoms with E-state index in [1.54, 1.807) is 0 Å². The van der Waals surface area contributed by atoms with Crippen molar-refractivity contribution in [3.05, 3.63) is 34.5 Å². The van der Waals surface area contributed by atoms with Gasteiger partial charge in [-0.3, -0.25) is 4.79 Å². The van der Waals surface area contributed by atoms with Crippen molar-refractivity contribution < 1.29 is 9.18 Å². The van der Waals surface area contributed by atoms with Gasteiger partial charge in [0.25, 0.3) is 0 Å². The molecule has 3 N–H and O–H groups in total. The van der Waals surface area contributed by atoms with Crippen LogP contribution in [-0.2, 0) is 4.79 Å². The van der Waals surface area contributed by atoms with E-state index in [2.05, 4.69) is 15.3 Å². The Bertz CT molecular complexity index is 500. The summed E-state index contributed by atoms with van der Waals surface area (Å²) in [5.74, 6) is -0.570. The Balaban J connectivity index is 2.21. The SMILES string of the molecule is [N-]=[N+]=NCCCCCCC(=O)Nc1ccc(F)cc1N. The predicted molar refractivity (Wildman–Crippen MR) is 76.5 cm³/mol. The minimum absolute atomic E-state index is 0.140. The van der Waals surface area contributed by atoms with Crippen LogP contribution in [0.1, 0.15) is 32.1 Å². The second kappa shape index (κ2) is 8.77. The maximum Gasteiger partial charge on any atom is 0.224 e. The summed E-state index contributed by atoms with van der Waals surface area (Å²) in [5, 5.41) is 6.09. The minimum Gasteiger partial charge on any atom is -0.397 e. The van der Waals surface area contributed by atoms with Gasteiger partial charge in [0.2, 0.25) is 5.91 Å². The molecule has 0 spiro atoms. The van der Waals surface area contributed by atoms with Crippen molar-refractivity contribution in [1.29, 1.82) is 0 Å². The fraction of sp³-hybridized carbons (Fsp3) is 0.462. The van der Waals surface area contributed by atoms with Crippen LogP contribution in [0.2, 0.25) is 0 Å². The number of hydrogen-bond acceptors (Lipinski definition) is 3. The average Bonchev–Trinajstić information content (AvgIpc) is 2.41. The standard InChI is InChI=1S/C13H18FN5O/c14-10-6-7-12(11(15)9-10)18-13(20)5-3-1-2-4-8-17-19-16/h6-7,9H,1-5,8,15H2,(H,18,20). The van der Waals surface area contributed by atoms with Crippen LogP contribution < -0.4 is 11.1 Å². The Labute approximate surface area is 116 Å². The average molecular weight is 279 g/mol. The molecule has 0 atom stereocenters. The number of benzene rings is 1. The van der Waals surface area contributed by atoms with Crippen molar-refractivity contribution in [1.82, 2.24) is 0 Å². The van der Waals surface area contributed by atoms with Crippen LogP contribution in [0, 0.1) is 5.82 Å². The Morgan fingerprint density at radius 2 is 2.10 bits per heavy atom. The van der Waals surface area contributed by atoms with Crippen LogP contribution in [0.4, 0.5) is 15.8 Å². The summed E-state index contributed by atoms with van der Waals surface area (Å²) in [5.41, 5.74) is 14.3. The summed E-state index contributed by atoms with van der Waals surface area (Å²) in [6.07, 6.45) is 3.79. The van der Waals surface area contributed by atoms with E-state index in [4.69, 9.17) is 11.3 Å². The van der Waals surface area contributed by atoms with Crippen LogP contribution in [-0.4, -0.2) is 12.5 Å². The lowest BCUT2D eigenvalue weighted by Gasteiger charge is -2.08. The van der Waals surface area contributed by atoms with E-state index in [9.17, 15) is 9.18 Å². The number of nitrogens with two attached hydrogens (primary N) is 1. The summed E-state index contributed by atoms with van der Waals surface area (Å²) in [6, 6.07) is 3.87. The van der Waals surface area contributed by atoms with Crippen molar-refractivity contribution in [2.45, 2.75) is 32.1 Å². The smallest absolute Gasteiger partial charge is 0.224 e. The molecule has 0 aliphatic rings. The largest absolute Gasteiger partial charge is 0.397 e. The summed E-state index contributed by atoms with van der Waals surface area (Å²) >= 11 is 0. The van der Waals surface area contributed by atoms with Crippen LogP contribution >= 0.6 is 0 Å². The van der Waals surface area contributed by atoms with Gasteiger partial charge in [-0.15, -0.1) is 0 Å². The number of anilines is 2. The highest BCUT2D eigenvalue weighted by atomic mass is 19.1. The molecule has 0 aliphatic carbocycles. The maximum atomic E-state index is 12.8. The normalized spacial score (nSPS) is 9.85. The molecule has 0 aliphatic heterocycles. The van der Waals surface area contributed by atoms with E-state index in [0.717, 1.165) is 25.7 Å². The number of carbonyl (C=O) groups excluding carboxylic acids is 1. The first kappa shape index (κ1) is 15.8. The highest BCUT2D eigenvalue weighted by Crippen LogP contribution is 2.19. The number of halogens is 1. The number of hydrogen-bond donors (Lipinski definition) is 2. The molecule has 0 heterocycles. The molecule has 6 nitrogen and oxygen atoms in total. The molecular formula is C13H18FN5O. The highest BCUT2D eigenvalue weighted by molar-refractivity contribution is 5.93. The lowest BCUT2D eigenvalue weighted by atomic mass is 10.1. The lowest BCUT2D eigenvalue weighted by Crippen LogP contribution is -2.12. The van der Waals surface area contributed by atoms with Crippen molar-refractivity contribution in [3.8, 4) is 0 Å². The van der Waals surface area contributed by atoms with E-state index < -0.39 is 5.82 Å². The Hall–Kier alpha value is -2.27. The van der Waals surface area contributed by atoms with E-state index in [-0.39, 0.29) is 11.6 Å². The number of nitrogens with one attached hydrogen (secondary N) is 1. The van der Waals surface area contributed by atoms with Gasteiger partial charge in [0, 0.05) is 17.9 Å². The number of unbranched alkanes of at least 4 members (excludes halogenated alkanes) is 3. The molecule has 20 heavy (non-hydrogen) atoms. The second-order valence-electron chi connectivity index (χ2n) is 4.40. The Morgan fingerprint density at radius 3 is 2.80 bits per heavy atom. The zero-order chi connectivity index (χ0) is 14.8. The first-order valence-corrected chi connectivity index (χ1v) is 6.49. The first-order chi connectivity index (χ1) is 9.63. The van der Waals surface area contributed by atoms with E-state index >= 15 is 0 Å². The van der Waals surface area contributed by atoms with Crippen molar-refractivity contribution in [2.24, 2.45) is 5.11 Å². The maximum absolute atomic E-state index is 12.8. The summed E-state index contributed by atoms with van der Waals surface area (Å²) in [6.45, 7) is 0.495. The molecule has 0 saturated heterocycles. The molecule has 0 fully saturated rings. The minimum atomic E-state index is -0.430. The van der Waals surface area contributed by atoms with Gasteiger partial charge in [0.15, 0.2) is 0 Å². The van der Waals surface area contributed by atoms with Gasteiger partial charge in [-0.1, -0.05) is 18.0 Å². The van der Waals surface area contributed by atoms with Crippen LogP contribution in [0.5, 0.6) is 0 Å². The summed E-state index contributed by atoms with van der Waals surface area (Å²) in [4.78, 5) is 14.3. The van der Waals surface area contributed by atoms with E-state index in [0.29, 0.717) is 18.7 Å². The lowest BCUT2D eigenvalue weighted by molar-refractivity contribution is -0.116. The van der Waals surface area contributed by atoms with Gasteiger partial charge in [-0.25, -0.2) is 4.39 Å². The quantitative estimate of drug-likeness (QED) is 0.249. The monoisotopic (exact) mass is 279 g/mol. The van der Waals surface area contributed by atoms with Crippen LogP contribution in [0.3, 0.4) is 0 Å². The number of carbonyl (C=O) groups is 1. The molecule has 1 amide bonds. The Kier molecular flexibility index (Phi) is 6.92. The van der Waals surface area contributed by atoms with Crippen molar-refractivity contribution >= 4 is 17.3 Å². The van der Waals surface area contributed by atoms with Crippen LogP contribution in [0.15, 0.2) is 23.3 Å².